The van der Waals surface area contributed by atoms with Crippen molar-refractivity contribution < 1.29 is 24.2 Å². The molecular weight excluding hydrogens is 274 g/mol. The minimum atomic E-state index is -1.37. The molecule has 0 bridgehead atoms. The monoisotopic (exact) mass is 285 g/mol. The van der Waals surface area contributed by atoms with E-state index in [1.54, 1.807) is 19.3 Å². The number of aryl methyl sites for hydroxylation is 1. The van der Waals surface area contributed by atoms with E-state index in [4.69, 9.17) is 11.6 Å². The Bertz CT molecular complexity index is 558. The molecule has 1 aromatic heterocycles. The second kappa shape index (κ2) is 6.19. The Labute approximate surface area is 114 Å². The number of rotatable bonds is 5. The van der Waals surface area contributed by atoms with E-state index in [9.17, 15) is 19.5 Å². The number of aliphatic hydroxyl groups excluding tert-OH is 1. The fourth-order valence-corrected chi connectivity index (χ4v) is 1.53. The van der Waals surface area contributed by atoms with Gasteiger partial charge in [-0.15, -0.1) is 0 Å². The molecule has 0 fully saturated rings. The summed E-state index contributed by atoms with van der Waals surface area (Å²) in [6, 6.07) is 3.07. The van der Waals surface area contributed by atoms with E-state index in [1.807, 2.05) is 0 Å². The number of hydrogen-bond acceptors (Lipinski definition) is 5. The van der Waals surface area contributed by atoms with Crippen molar-refractivity contribution in [2.24, 2.45) is 7.05 Å². The highest BCUT2D eigenvalue weighted by molar-refractivity contribution is 6.84. The Morgan fingerprint density at radius 1 is 1.42 bits per heavy atom. The molecule has 0 atom stereocenters. The number of ether oxygens (including phenoxy) is 1. The highest BCUT2D eigenvalue weighted by atomic mass is 35.5. The quantitative estimate of drug-likeness (QED) is 0.167. The maximum atomic E-state index is 11.7. The van der Waals surface area contributed by atoms with Crippen LogP contribution in [0.4, 0.5) is 0 Å². The molecule has 0 aromatic carbocycles. The Balaban J connectivity index is 3.38. The van der Waals surface area contributed by atoms with Crippen LogP contribution in [0.1, 0.15) is 12.6 Å². The van der Waals surface area contributed by atoms with Crippen LogP contribution < -0.4 is 0 Å². The minimum Gasteiger partial charge on any atom is -0.505 e. The maximum absolute atomic E-state index is 11.7. The molecule has 0 aliphatic heterocycles. The van der Waals surface area contributed by atoms with Crippen molar-refractivity contribution in [1.29, 1.82) is 0 Å². The average Bonchev–Trinajstić information content (AvgIpc) is 2.75. The van der Waals surface area contributed by atoms with Crippen LogP contribution in [0.2, 0.25) is 0 Å². The van der Waals surface area contributed by atoms with Crippen LogP contribution in [-0.2, 0) is 26.2 Å². The molecule has 0 aliphatic rings. The lowest BCUT2D eigenvalue weighted by Crippen LogP contribution is -2.22. The lowest BCUT2D eigenvalue weighted by atomic mass is 10.1. The molecule has 6 nitrogen and oxygen atoms in total. The van der Waals surface area contributed by atoms with Gasteiger partial charge in [-0.3, -0.25) is 9.59 Å². The van der Waals surface area contributed by atoms with Crippen LogP contribution in [0.25, 0.3) is 5.76 Å². The zero-order valence-electron chi connectivity index (χ0n) is 10.3. The van der Waals surface area contributed by atoms with Gasteiger partial charge in [0.25, 0.3) is 11.0 Å². The second-order valence-corrected chi connectivity index (χ2v) is 3.89. The SMILES string of the molecule is CCOC(=O)/C(C(=O)C(=O)Cl)=C(\O)c1cccn1C. The number of hydrogen-bond donors (Lipinski definition) is 1. The number of halogens is 1. The summed E-state index contributed by atoms with van der Waals surface area (Å²) in [5, 5.41) is 8.62. The van der Waals surface area contributed by atoms with Crippen LogP contribution in [0.3, 0.4) is 0 Å². The third-order valence-electron chi connectivity index (χ3n) is 2.31. The summed E-state index contributed by atoms with van der Waals surface area (Å²) in [6.45, 7) is 1.52. The predicted molar refractivity (Wildman–Crippen MR) is 67.5 cm³/mol. The minimum absolute atomic E-state index is 0.00743. The van der Waals surface area contributed by atoms with Gasteiger partial charge in [0.1, 0.15) is 0 Å². The van der Waals surface area contributed by atoms with Gasteiger partial charge in [0.15, 0.2) is 11.3 Å². The highest BCUT2D eigenvalue weighted by Gasteiger charge is 2.30. The van der Waals surface area contributed by atoms with Crippen molar-refractivity contribution in [3.8, 4) is 0 Å². The van der Waals surface area contributed by atoms with E-state index in [0.717, 1.165) is 0 Å². The zero-order chi connectivity index (χ0) is 14.6. The van der Waals surface area contributed by atoms with Gasteiger partial charge in [0.05, 0.1) is 12.3 Å². The number of carbonyl (C=O) groups excluding carboxylic acids is 3. The van der Waals surface area contributed by atoms with Crippen molar-refractivity contribution in [1.82, 2.24) is 4.57 Å². The molecule has 1 aromatic rings. The molecule has 0 spiro atoms. The number of esters is 1. The Kier molecular flexibility index (Phi) is 4.88. The molecule has 0 radical (unpaired) electrons. The summed E-state index contributed by atoms with van der Waals surface area (Å²) in [6.07, 6.45) is 1.60. The number of nitrogens with zero attached hydrogens (tertiary/aromatic N) is 1. The van der Waals surface area contributed by atoms with Crippen molar-refractivity contribution >= 4 is 34.4 Å². The van der Waals surface area contributed by atoms with Crippen LogP contribution in [0.5, 0.6) is 0 Å². The van der Waals surface area contributed by atoms with Crippen molar-refractivity contribution in [3.05, 3.63) is 29.6 Å². The third-order valence-corrected chi connectivity index (χ3v) is 2.48. The summed E-state index contributed by atoms with van der Waals surface area (Å²) >= 11 is 5.06. The lowest BCUT2D eigenvalue weighted by molar-refractivity contribution is -0.141. The van der Waals surface area contributed by atoms with E-state index in [-0.39, 0.29) is 12.3 Å². The number of aromatic nitrogens is 1. The van der Waals surface area contributed by atoms with E-state index < -0.39 is 28.3 Å². The van der Waals surface area contributed by atoms with E-state index >= 15 is 0 Å². The summed E-state index contributed by atoms with van der Waals surface area (Å²) in [4.78, 5) is 34.2. The molecule has 0 aliphatic carbocycles. The summed E-state index contributed by atoms with van der Waals surface area (Å²) in [7, 11) is 1.60. The Morgan fingerprint density at radius 2 is 2.05 bits per heavy atom. The molecule has 1 heterocycles. The second-order valence-electron chi connectivity index (χ2n) is 3.55. The number of ketones is 1. The normalized spacial score (nSPS) is 11.7. The van der Waals surface area contributed by atoms with Crippen LogP contribution in [0, 0.1) is 0 Å². The summed E-state index contributed by atoms with van der Waals surface area (Å²) < 4.78 is 6.11. The van der Waals surface area contributed by atoms with E-state index in [2.05, 4.69) is 4.74 Å². The van der Waals surface area contributed by atoms with Crippen LogP contribution in [-0.4, -0.2) is 33.3 Å². The van der Waals surface area contributed by atoms with Gasteiger partial charge in [-0.05, 0) is 30.7 Å². The first-order valence-corrected chi connectivity index (χ1v) is 5.74. The lowest BCUT2D eigenvalue weighted by Gasteiger charge is -2.08. The van der Waals surface area contributed by atoms with Gasteiger partial charge in [-0.2, -0.15) is 0 Å². The largest absolute Gasteiger partial charge is 0.505 e. The first-order chi connectivity index (χ1) is 8.90. The number of Topliss-reactive ketones (excluding diaryl/α,β-unsaturated/α-hetero) is 1. The fourth-order valence-electron chi connectivity index (χ4n) is 1.43. The first-order valence-electron chi connectivity index (χ1n) is 5.36. The standard InChI is InChI=1S/C12H12ClNO5/c1-3-19-12(18)8(10(16)11(13)17)9(15)7-5-4-6-14(7)2/h4-6,15H,3H2,1-2H3/b9-8-. The molecular formula is C12H12ClNO5. The molecule has 7 heteroatoms. The molecule has 0 unspecified atom stereocenters. The topological polar surface area (TPSA) is 85.6 Å². The average molecular weight is 286 g/mol. The van der Waals surface area contributed by atoms with Crippen molar-refractivity contribution in [2.75, 3.05) is 6.61 Å². The van der Waals surface area contributed by atoms with Gasteiger partial charge < -0.3 is 14.4 Å². The molecule has 0 saturated heterocycles. The smallest absolute Gasteiger partial charge is 0.346 e. The number of aliphatic hydroxyl groups is 1. The van der Waals surface area contributed by atoms with Gasteiger partial charge in [-0.1, -0.05) is 0 Å². The van der Waals surface area contributed by atoms with Crippen LogP contribution >= 0.6 is 11.6 Å². The predicted octanol–water partition coefficient (Wildman–Crippen LogP) is 1.19. The Morgan fingerprint density at radius 3 is 2.47 bits per heavy atom. The summed E-state index contributed by atoms with van der Waals surface area (Å²) in [5.41, 5.74) is -0.585. The van der Waals surface area contributed by atoms with E-state index in [1.165, 1.54) is 17.6 Å². The van der Waals surface area contributed by atoms with Crippen LogP contribution in [0.15, 0.2) is 23.9 Å². The molecule has 19 heavy (non-hydrogen) atoms. The number of carbonyl (C=O) groups is 3. The van der Waals surface area contributed by atoms with Gasteiger partial charge in [0.2, 0.25) is 0 Å². The van der Waals surface area contributed by atoms with Crippen molar-refractivity contribution in [2.45, 2.75) is 6.92 Å². The maximum Gasteiger partial charge on any atom is 0.346 e. The molecule has 0 amide bonds. The Hall–Kier alpha value is -2.08. The zero-order valence-corrected chi connectivity index (χ0v) is 11.1. The van der Waals surface area contributed by atoms with Gasteiger partial charge in [-0.25, -0.2) is 4.79 Å². The molecule has 102 valence electrons. The molecule has 1 rings (SSSR count). The van der Waals surface area contributed by atoms with Crippen molar-refractivity contribution in [3.63, 3.8) is 0 Å². The van der Waals surface area contributed by atoms with Gasteiger partial charge >= 0.3 is 5.97 Å². The molecule has 0 saturated carbocycles. The highest BCUT2D eigenvalue weighted by Crippen LogP contribution is 2.19. The molecule has 1 N–H and O–H groups in total. The third kappa shape index (κ3) is 3.23. The van der Waals surface area contributed by atoms with E-state index in [0.29, 0.717) is 0 Å². The first kappa shape index (κ1) is 15.0. The summed E-state index contributed by atoms with van der Waals surface area (Å²) in [5.74, 6) is -3.05. The van der Waals surface area contributed by atoms with Gasteiger partial charge in [0, 0.05) is 13.2 Å². The fraction of sp³-hybridized carbons (Fsp3) is 0.250.